The molecule has 0 spiro atoms. The van der Waals surface area contributed by atoms with Crippen LogP contribution in [-0.4, -0.2) is 145 Å². The van der Waals surface area contributed by atoms with E-state index < -0.39 is 23.8 Å². The molecule has 0 bridgehead atoms. The average molecular weight is 1220 g/mol. The molecule has 7 aromatic rings. The van der Waals surface area contributed by atoms with Gasteiger partial charge in [-0.15, -0.1) is 0 Å². The molecule has 22 nitrogen and oxygen atoms in total. The number of amides is 4. The summed E-state index contributed by atoms with van der Waals surface area (Å²) in [6, 6.07) is 35.4. The van der Waals surface area contributed by atoms with E-state index in [1.807, 2.05) is 131 Å². The highest BCUT2D eigenvalue weighted by Gasteiger charge is 2.46. The van der Waals surface area contributed by atoms with E-state index in [4.69, 9.17) is 52.5 Å². The number of ether oxygens (including phenoxy) is 7. The molecule has 3 fully saturated rings. The van der Waals surface area contributed by atoms with Gasteiger partial charge in [0.25, 0.3) is 11.9 Å². The molecule has 10 rings (SSSR count). The Hall–Kier alpha value is -8.86. The standard InChI is InChI=1S/C67H80N10O12/c1-45(70-62(78)50-17-15-48(16-18-50)49-19-21-52(22-20-49)73-65(80)89-67(3,4)5)56-41-61(72-46(2)71-56)77-58-14-10-9-13-51(58)39-59(77)63(79)68-27-32-82-33-34-83-35-36-84-37-38-85-55-24-23-53(69-42-55)44-86-54-25-26-60-57(40-54)74-64(88-60)75-28-30-76(31-29-75)66(81)87-43-47-11-7-6-8-12-47/h6-8,11-12,15-26,40-42,45,51,58-59H,9-10,13-14,27-39,43-44H2,1-5H3,(H,68,79)(H,70,78)(H,73,80)/t45-,51-,58-,59-/m0/s1. The number of nitrogens with zero attached hydrogens (tertiary/aromatic N) is 7. The van der Waals surface area contributed by atoms with Crippen LogP contribution in [0.15, 0.2) is 126 Å². The predicted octanol–water partition coefficient (Wildman–Crippen LogP) is 10.2. The van der Waals surface area contributed by atoms with Gasteiger partial charge in [0, 0.05) is 62.1 Å². The second kappa shape index (κ2) is 30.4. The Morgan fingerprint density at radius 1 is 0.719 bits per heavy atom. The van der Waals surface area contributed by atoms with Crippen molar-refractivity contribution in [2.45, 2.75) is 104 Å². The second-order valence-electron chi connectivity index (χ2n) is 23.3. The fourth-order valence-electron chi connectivity index (χ4n) is 11.2. The third-order valence-corrected chi connectivity index (χ3v) is 15.6. The molecule has 470 valence electrons. The number of benzene rings is 4. The summed E-state index contributed by atoms with van der Waals surface area (Å²) in [5, 5.41) is 8.98. The fourth-order valence-corrected chi connectivity index (χ4v) is 11.2. The predicted molar refractivity (Wildman–Crippen MR) is 335 cm³/mol. The minimum atomic E-state index is -0.600. The maximum absolute atomic E-state index is 13.9. The normalized spacial score (nSPS) is 17.0. The molecule has 4 amide bonds. The number of aryl methyl sites for hydroxylation is 1. The molecule has 3 aromatic heterocycles. The average Bonchev–Trinajstić information content (AvgIpc) is 2.17. The lowest BCUT2D eigenvalue weighted by atomic mass is 9.84. The second-order valence-corrected chi connectivity index (χ2v) is 23.3. The van der Waals surface area contributed by atoms with E-state index >= 15 is 0 Å². The molecule has 1 aliphatic carbocycles. The van der Waals surface area contributed by atoms with Crippen molar-refractivity contribution in [1.82, 2.24) is 35.5 Å². The van der Waals surface area contributed by atoms with Crippen LogP contribution in [0.1, 0.15) is 99.0 Å². The van der Waals surface area contributed by atoms with Gasteiger partial charge in [0.15, 0.2) is 5.58 Å². The zero-order chi connectivity index (χ0) is 62.1. The van der Waals surface area contributed by atoms with Gasteiger partial charge in [-0.2, -0.15) is 4.98 Å². The zero-order valence-corrected chi connectivity index (χ0v) is 51.3. The lowest BCUT2D eigenvalue weighted by molar-refractivity contribution is -0.122. The highest BCUT2D eigenvalue weighted by atomic mass is 16.6. The van der Waals surface area contributed by atoms with Crippen LogP contribution < -0.4 is 35.2 Å². The first-order valence-corrected chi connectivity index (χ1v) is 30.7. The third-order valence-electron chi connectivity index (χ3n) is 15.6. The molecule has 1 saturated carbocycles. The molecule has 3 aliphatic rings. The minimum Gasteiger partial charge on any atom is -0.490 e. The maximum Gasteiger partial charge on any atom is 0.412 e. The molecule has 3 N–H and O–H groups in total. The summed E-state index contributed by atoms with van der Waals surface area (Å²) in [7, 11) is 0. The summed E-state index contributed by atoms with van der Waals surface area (Å²) >= 11 is 0. The van der Waals surface area contributed by atoms with Crippen molar-refractivity contribution in [2.75, 3.05) is 94.1 Å². The van der Waals surface area contributed by atoms with Gasteiger partial charge in [-0.3, -0.25) is 19.9 Å². The van der Waals surface area contributed by atoms with Crippen LogP contribution in [0, 0.1) is 12.8 Å². The Kier molecular flexibility index (Phi) is 21.6. The van der Waals surface area contributed by atoms with Crippen molar-refractivity contribution < 1.29 is 56.8 Å². The highest BCUT2D eigenvalue weighted by molar-refractivity contribution is 5.95. The van der Waals surface area contributed by atoms with E-state index in [1.54, 1.807) is 35.4 Å². The van der Waals surface area contributed by atoms with Gasteiger partial charge in [0.2, 0.25) is 5.91 Å². The number of carbonyl (C=O) groups is 4. The third kappa shape index (κ3) is 17.9. The Labute approximate surface area is 518 Å². The Morgan fingerprint density at radius 3 is 2.13 bits per heavy atom. The Morgan fingerprint density at radius 2 is 1.42 bits per heavy atom. The van der Waals surface area contributed by atoms with E-state index in [-0.39, 0.29) is 37.2 Å². The molecule has 0 unspecified atom stereocenters. The van der Waals surface area contributed by atoms with E-state index in [0.29, 0.717) is 142 Å². The molecule has 5 heterocycles. The lowest BCUT2D eigenvalue weighted by Crippen LogP contribution is -2.49. The Balaban J connectivity index is 0.581. The van der Waals surface area contributed by atoms with Crippen LogP contribution in [0.2, 0.25) is 0 Å². The molecule has 0 radical (unpaired) electrons. The molecule has 2 aliphatic heterocycles. The summed E-state index contributed by atoms with van der Waals surface area (Å²) in [5.74, 6) is 2.57. The van der Waals surface area contributed by atoms with Crippen LogP contribution in [0.4, 0.5) is 27.1 Å². The van der Waals surface area contributed by atoms with E-state index in [2.05, 4.69) is 25.8 Å². The van der Waals surface area contributed by atoms with E-state index in [9.17, 15) is 19.2 Å². The summed E-state index contributed by atoms with van der Waals surface area (Å²) < 4.78 is 46.0. The van der Waals surface area contributed by atoms with Gasteiger partial charge >= 0.3 is 12.2 Å². The van der Waals surface area contributed by atoms with Gasteiger partial charge in [0.05, 0.1) is 63.3 Å². The number of rotatable bonds is 26. The first kappa shape index (κ1) is 63.2. The molecular formula is C67H80N10O12. The number of hydrogen-bond acceptors (Lipinski definition) is 18. The number of aromatic nitrogens is 4. The smallest absolute Gasteiger partial charge is 0.412 e. The number of pyridine rings is 1. The number of fused-ring (bicyclic) bond motifs is 2. The van der Waals surface area contributed by atoms with E-state index in [0.717, 1.165) is 54.5 Å². The molecule has 22 heteroatoms. The summed E-state index contributed by atoms with van der Waals surface area (Å²) in [4.78, 5) is 77.1. The lowest BCUT2D eigenvalue weighted by Gasteiger charge is -2.35. The number of piperazine rings is 1. The number of carbonyl (C=O) groups excluding carboxylic acids is 4. The van der Waals surface area contributed by atoms with Crippen LogP contribution in [0.25, 0.3) is 22.2 Å². The summed E-state index contributed by atoms with van der Waals surface area (Å²) in [6.45, 7) is 14.8. The minimum absolute atomic E-state index is 0.0608. The highest BCUT2D eigenvalue weighted by Crippen LogP contribution is 2.42. The summed E-state index contributed by atoms with van der Waals surface area (Å²) in [6.07, 6.45) is 5.81. The van der Waals surface area contributed by atoms with Crippen molar-refractivity contribution in [2.24, 2.45) is 5.92 Å². The van der Waals surface area contributed by atoms with Crippen LogP contribution in [0.3, 0.4) is 0 Å². The first-order valence-electron chi connectivity index (χ1n) is 30.7. The van der Waals surface area contributed by atoms with Crippen LogP contribution >= 0.6 is 0 Å². The van der Waals surface area contributed by atoms with Crippen molar-refractivity contribution in [3.05, 3.63) is 150 Å². The van der Waals surface area contributed by atoms with Crippen molar-refractivity contribution in [1.29, 1.82) is 0 Å². The van der Waals surface area contributed by atoms with Gasteiger partial charge in [0.1, 0.15) is 60.1 Å². The van der Waals surface area contributed by atoms with E-state index in [1.165, 1.54) is 0 Å². The molecule has 2 saturated heterocycles. The molecule has 4 aromatic carbocycles. The first-order chi connectivity index (χ1) is 43.2. The molecule has 4 atom stereocenters. The number of nitrogens with one attached hydrogen (secondary N) is 3. The van der Waals surface area contributed by atoms with Gasteiger partial charge < -0.3 is 62.9 Å². The zero-order valence-electron chi connectivity index (χ0n) is 51.3. The molecular weight excluding hydrogens is 1140 g/mol. The fraction of sp³-hybridized carbons (Fsp3) is 0.433. The number of anilines is 3. The quantitative estimate of drug-likeness (QED) is 0.0427. The SMILES string of the molecule is Cc1nc([C@H](C)NC(=O)c2ccc(-c3ccc(NC(=O)OC(C)(C)C)cc3)cc2)cc(N2[C@H](C(=O)NCCOCCOCCOCCOc3ccc(COc4ccc5oc(N6CCN(C(=O)OCc7ccccc7)CC6)nc5c4)nc3)C[C@@H]3CCCC[C@@H]32)n1. The monoisotopic (exact) mass is 1220 g/mol. The van der Waals surface area contributed by atoms with Crippen molar-refractivity contribution in [3.8, 4) is 22.6 Å². The summed E-state index contributed by atoms with van der Waals surface area (Å²) in [5.41, 5.74) is 6.01. The maximum atomic E-state index is 13.9. The van der Waals surface area contributed by atoms with Gasteiger partial charge in [-0.05, 0) is 125 Å². The number of hydrogen-bond donors (Lipinski definition) is 3. The molecule has 89 heavy (non-hydrogen) atoms. The van der Waals surface area contributed by atoms with Gasteiger partial charge in [-0.25, -0.2) is 19.6 Å². The largest absolute Gasteiger partial charge is 0.490 e. The van der Waals surface area contributed by atoms with Crippen LogP contribution in [0.5, 0.6) is 11.5 Å². The Bertz CT molecular complexity index is 3450. The van der Waals surface area contributed by atoms with Crippen LogP contribution in [-0.2, 0) is 41.7 Å². The van der Waals surface area contributed by atoms with Crippen molar-refractivity contribution in [3.63, 3.8) is 0 Å². The van der Waals surface area contributed by atoms with Crippen molar-refractivity contribution >= 4 is 52.6 Å². The number of oxazole rings is 1. The van der Waals surface area contributed by atoms with Gasteiger partial charge in [-0.1, -0.05) is 67.4 Å². The topological polar surface area (TPSA) is 243 Å².